The Hall–Kier alpha value is -2.60. The second-order valence-electron chi connectivity index (χ2n) is 4.50. The number of anilines is 1. The lowest BCUT2D eigenvalue weighted by atomic mass is 10.3. The van der Waals surface area contributed by atoms with Crippen molar-refractivity contribution in [1.29, 1.82) is 0 Å². The molecular formula is C15H13N3O2S. The summed E-state index contributed by atoms with van der Waals surface area (Å²) in [4.78, 5) is 17.3. The minimum Gasteiger partial charge on any atom is -0.508 e. The molecule has 3 aromatic rings. The first-order chi connectivity index (χ1) is 10.1. The third kappa shape index (κ3) is 2.80. The molecular weight excluding hydrogens is 286 g/mol. The molecule has 5 nitrogen and oxygen atoms in total. The summed E-state index contributed by atoms with van der Waals surface area (Å²) in [5.74, 6) is -0.0361. The van der Waals surface area contributed by atoms with Gasteiger partial charge in [0.2, 0.25) is 0 Å². The number of amides is 1. The van der Waals surface area contributed by atoms with Crippen molar-refractivity contribution in [3.05, 3.63) is 59.4 Å². The maximum atomic E-state index is 12.3. The number of carbonyl (C=O) groups excluding carboxylic acids is 1. The van der Waals surface area contributed by atoms with Gasteiger partial charge in [0, 0.05) is 18.1 Å². The Morgan fingerprint density at radius 3 is 2.57 bits per heavy atom. The van der Waals surface area contributed by atoms with E-state index in [0.29, 0.717) is 16.3 Å². The van der Waals surface area contributed by atoms with E-state index >= 15 is 0 Å². The lowest BCUT2D eigenvalue weighted by molar-refractivity contribution is 0.103. The minimum absolute atomic E-state index is 0.164. The molecule has 0 spiro atoms. The van der Waals surface area contributed by atoms with E-state index in [1.165, 1.54) is 23.5 Å². The van der Waals surface area contributed by atoms with Crippen LogP contribution < -0.4 is 5.32 Å². The SMILES string of the molecule is Cc1nc(-n2cccc2)sc1C(=O)Nc1ccc(O)cc1. The number of nitrogens with zero attached hydrogens (tertiary/aromatic N) is 2. The number of hydrogen-bond acceptors (Lipinski definition) is 4. The molecule has 21 heavy (non-hydrogen) atoms. The molecule has 1 aromatic carbocycles. The first kappa shape index (κ1) is 13.4. The van der Waals surface area contributed by atoms with Gasteiger partial charge in [-0.25, -0.2) is 4.98 Å². The highest BCUT2D eigenvalue weighted by Gasteiger charge is 2.16. The molecule has 1 amide bonds. The van der Waals surface area contributed by atoms with Gasteiger partial charge in [0.15, 0.2) is 5.13 Å². The van der Waals surface area contributed by atoms with Gasteiger partial charge in [-0.2, -0.15) is 0 Å². The van der Waals surface area contributed by atoms with Crippen molar-refractivity contribution in [3.63, 3.8) is 0 Å². The van der Waals surface area contributed by atoms with Gasteiger partial charge in [0.1, 0.15) is 10.6 Å². The molecule has 0 saturated heterocycles. The summed E-state index contributed by atoms with van der Waals surface area (Å²) in [7, 11) is 0. The van der Waals surface area contributed by atoms with Crippen molar-refractivity contribution in [2.24, 2.45) is 0 Å². The molecule has 106 valence electrons. The first-order valence-electron chi connectivity index (χ1n) is 6.34. The second-order valence-corrected chi connectivity index (χ2v) is 5.48. The van der Waals surface area contributed by atoms with Gasteiger partial charge in [-0.1, -0.05) is 11.3 Å². The molecule has 0 unspecified atom stereocenters. The van der Waals surface area contributed by atoms with Gasteiger partial charge in [-0.05, 0) is 43.3 Å². The number of aryl methyl sites for hydroxylation is 1. The zero-order valence-corrected chi connectivity index (χ0v) is 12.1. The summed E-state index contributed by atoms with van der Waals surface area (Å²) in [6.07, 6.45) is 3.78. The Bertz CT molecular complexity index is 761. The predicted octanol–water partition coefficient (Wildman–Crippen LogP) is 3.20. The summed E-state index contributed by atoms with van der Waals surface area (Å²) in [5, 5.41) is 12.8. The monoisotopic (exact) mass is 299 g/mol. The fourth-order valence-corrected chi connectivity index (χ4v) is 2.83. The van der Waals surface area contributed by atoms with Crippen LogP contribution in [0.1, 0.15) is 15.4 Å². The third-order valence-corrected chi connectivity index (χ3v) is 4.11. The van der Waals surface area contributed by atoms with Crippen LogP contribution in [0.4, 0.5) is 5.69 Å². The van der Waals surface area contributed by atoms with Crippen molar-refractivity contribution in [1.82, 2.24) is 9.55 Å². The number of rotatable bonds is 3. The topological polar surface area (TPSA) is 67.2 Å². The van der Waals surface area contributed by atoms with Crippen molar-refractivity contribution >= 4 is 22.9 Å². The van der Waals surface area contributed by atoms with E-state index in [2.05, 4.69) is 10.3 Å². The van der Waals surface area contributed by atoms with Crippen LogP contribution in [0.3, 0.4) is 0 Å². The molecule has 2 N–H and O–H groups in total. The average Bonchev–Trinajstić information content (AvgIpc) is 3.10. The average molecular weight is 299 g/mol. The van der Waals surface area contributed by atoms with Crippen LogP contribution in [0.25, 0.3) is 5.13 Å². The van der Waals surface area contributed by atoms with Crippen LogP contribution in [0.2, 0.25) is 0 Å². The Kier molecular flexibility index (Phi) is 3.45. The minimum atomic E-state index is -0.200. The van der Waals surface area contributed by atoms with Gasteiger partial charge in [0.25, 0.3) is 5.91 Å². The molecule has 0 saturated carbocycles. The van der Waals surface area contributed by atoms with Gasteiger partial charge in [-0.3, -0.25) is 4.79 Å². The van der Waals surface area contributed by atoms with E-state index in [9.17, 15) is 9.90 Å². The Morgan fingerprint density at radius 1 is 1.24 bits per heavy atom. The molecule has 0 bridgehead atoms. The molecule has 2 heterocycles. The van der Waals surface area contributed by atoms with Crippen LogP contribution in [0.5, 0.6) is 5.75 Å². The summed E-state index contributed by atoms with van der Waals surface area (Å²) in [6.45, 7) is 1.81. The van der Waals surface area contributed by atoms with E-state index < -0.39 is 0 Å². The Balaban J connectivity index is 1.83. The van der Waals surface area contributed by atoms with Crippen LogP contribution in [0, 0.1) is 6.92 Å². The highest BCUT2D eigenvalue weighted by Crippen LogP contribution is 2.23. The molecule has 0 fully saturated rings. The molecule has 2 aromatic heterocycles. The van der Waals surface area contributed by atoms with Gasteiger partial charge < -0.3 is 15.0 Å². The number of phenols is 1. The quantitative estimate of drug-likeness (QED) is 0.730. The summed E-state index contributed by atoms with van der Waals surface area (Å²) in [6, 6.07) is 10.2. The number of nitrogens with one attached hydrogen (secondary N) is 1. The lowest BCUT2D eigenvalue weighted by Gasteiger charge is -2.03. The number of carbonyl (C=O) groups is 1. The lowest BCUT2D eigenvalue weighted by Crippen LogP contribution is -2.11. The summed E-state index contributed by atoms with van der Waals surface area (Å²) in [5.41, 5.74) is 1.33. The third-order valence-electron chi connectivity index (χ3n) is 2.94. The van der Waals surface area contributed by atoms with Gasteiger partial charge in [0.05, 0.1) is 5.69 Å². The zero-order valence-electron chi connectivity index (χ0n) is 11.3. The summed E-state index contributed by atoms with van der Waals surface area (Å²) >= 11 is 1.34. The van der Waals surface area contributed by atoms with Crippen LogP contribution in [-0.2, 0) is 0 Å². The van der Waals surface area contributed by atoms with E-state index in [-0.39, 0.29) is 11.7 Å². The largest absolute Gasteiger partial charge is 0.508 e. The van der Waals surface area contributed by atoms with Gasteiger partial charge in [-0.15, -0.1) is 0 Å². The first-order valence-corrected chi connectivity index (χ1v) is 7.16. The fourth-order valence-electron chi connectivity index (χ4n) is 1.90. The molecule has 0 radical (unpaired) electrons. The number of phenolic OH excluding ortho intramolecular Hbond substituents is 1. The van der Waals surface area contributed by atoms with Crippen molar-refractivity contribution in [3.8, 4) is 10.9 Å². The number of thiazole rings is 1. The standard InChI is InChI=1S/C15H13N3O2S/c1-10-13(21-15(16-10)18-8-2-3-9-18)14(20)17-11-4-6-12(19)7-5-11/h2-9,19H,1H3,(H,17,20). The Morgan fingerprint density at radius 2 is 1.90 bits per heavy atom. The highest BCUT2D eigenvalue weighted by molar-refractivity contribution is 7.16. The normalized spacial score (nSPS) is 10.5. The highest BCUT2D eigenvalue weighted by atomic mass is 32.1. The Labute approximate surface area is 125 Å². The fraction of sp³-hybridized carbons (Fsp3) is 0.0667. The second kappa shape index (κ2) is 5.41. The molecule has 0 aliphatic heterocycles. The van der Waals surface area contributed by atoms with Crippen LogP contribution in [0.15, 0.2) is 48.8 Å². The van der Waals surface area contributed by atoms with Crippen molar-refractivity contribution in [2.75, 3.05) is 5.32 Å². The van der Waals surface area contributed by atoms with Crippen molar-refractivity contribution < 1.29 is 9.90 Å². The van der Waals surface area contributed by atoms with Crippen LogP contribution >= 0.6 is 11.3 Å². The number of aromatic hydroxyl groups is 1. The molecule has 3 rings (SSSR count). The van der Waals surface area contributed by atoms with Gasteiger partial charge >= 0.3 is 0 Å². The van der Waals surface area contributed by atoms with E-state index in [4.69, 9.17) is 0 Å². The van der Waals surface area contributed by atoms with E-state index in [1.807, 2.05) is 36.0 Å². The zero-order chi connectivity index (χ0) is 14.8. The predicted molar refractivity (Wildman–Crippen MR) is 82.2 cm³/mol. The molecule has 0 atom stereocenters. The number of aromatic nitrogens is 2. The maximum Gasteiger partial charge on any atom is 0.267 e. The molecule has 0 aliphatic carbocycles. The number of benzene rings is 1. The molecule has 6 heteroatoms. The van der Waals surface area contributed by atoms with E-state index in [1.54, 1.807) is 12.1 Å². The molecule has 0 aliphatic rings. The van der Waals surface area contributed by atoms with E-state index in [0.717, 1.165) is 5.13 Å². The maximum absolute atomic E-state index is 12.3. The number of hydrogen-bond donors (Lipinski definition) is 2. The smallest absolute Gasteiger partial charge is 0.267 e. The van der Waals surface area contributed by atoms with Crippen LogP contribution in [-0.4, -0.2) is 20.6 Å². The summed E-state index contributed by atoms with van der Waals surface area (Å²) < 4.78 is 1.87. The van der Waals surface area contributed by atoms with Crippen molar-refractivity contribution in [2.45, 2.75) is 6.92 Å².